The Morgan fingerprint density at radius 1 is 1.07 bits per heavy atom. The molecule has 2 aromatic carbocycles. The van der Waals surface area contributed by atoms with E-state index in [4.69, 9.17) is 4.74 Å². The highest BCUT2D eigenvalue weighted by molar-refractivity contribution is 7.89. The highest BCUT2D eigenvalue weighted by Crippen LogP contribution is 2.19. The molecule has 0 aromatic heterocycles. The third kappa shape index (κ3) is 5.56. The summed E-state index contributed by atoms with van der Waals surface area (Å²) in [6, 6.07) is 13.9. The maximum Gasteiger partial charge on any atom is 0.262 e. The fraction of sp³-hybridized carbons (Fsp3) is 0.381. The van der Waals surface area contributed by atoms with Gasteiger partial charge in [0.1, 0.15) is 5.75 Å². The molecule has 0 saturated carbocycles. The zero-order chi connectivity index (χ0) is 20.9. The van der Waals surface area contributed by atoms with Crippen molar-refractivity contribution in [1.82, 2.24) is 4.31 Å². The van der Waals surface area contributed by atoms with Crippen LogP contribution >= 0.6 is 0 Å². The van der Waals surface area contributed by atoms with E-state index in [1.165, 1.54) is 26.9 Å². The summed E-state index contributed by atoms with van der Waals surface area (Å²) in [6.07, 6.45) is 0.947. The van der Waals surface area contributed by atoms with Crippen molar-refractivity contribution in [3.8, 4) is 5.75 Å². The molecule has 29 heavy (non-hydrogen) atoms. The van der Waals surface area contributed by atoms with E-state index in [2.05, 4.69) is 19.3 Å². The molecule has 0 aliphatic carbocycles. The third-order valence-corrected chi connectivity index (χ3v) is 6.97. The fourth-order valence-corrected chi connectivity index (χ4v) is 4.58. The second kappa shape index (κ2) is 9.39. The Kier molecular flexibility index (Phi) is 6.89. The minimum Gasteiger partial charge on any atom is -0.484 e. The number of likely N-dealkylation sites (N-methyl/N-ethyl adjacent to an activating group) is 1. The number of ether oxygens (including phenoxy) is 1. The Balaban J connectivity index is 1.54. The van der Waals surface area contributed by atoms with E-state index < -0.39 is 10.0 Å². The van der Waals surface area contributed by atoms with Crippen LogP contribution in [0.3, 0.4) is 0 Å². The molecular formula is C21H28N3O4S+. The molecular weight excluding hydrogens is 390 g/mol. The van der Waals surface area contributed by atoms with Crippen LogP contribution < -0.4 is 15.0 Å². The summed E-state index contributed by atoms with van der Waals surface area (Å²) >= 11 is 0. The van der Waals surface area contributed by atoms with Gasteiger partial charge in [-0.3, -0.25) is 4.79 Å². The van der Waals surface area contributed by atoms with E-state index in [1.54, 1.807) is 12.1 Å². The maximum absolute atomic E-state index is 12.7. The lowest BCUT2D eigenvalue weighted by atomic mass is 10.2. The van der Waals surface area contributed by atoms with E-state index in [0.29, 0.717) is 24.5 Å². The summed E-state index contributed by atoms with van der Waals surface area (Å²) in [4.78, 5) is 13.7. The number of aryl methyl sites for hydroxylation is 1. The number of sulfonamides is 1. The van der Waals surface area contributed by atoms with E-state index in [0.717, 1.165) is 19.5 Å². The van der Waals surface area contributed by atoms with Gasteiger partial charge in [0.25, 0.3) is 5.91 Å². The van der Waals surface area contributed by atoms with Crippen LogP contribution in [0, 0.1) is 0 Å². The minimum absolute atomic E-state index is 0.116. The van der Waals surface area contributed by atoms with Crippen LogP contribution in [0.25, 0.3) is 0 Å². The first-order chi connectivity index (χ1) is 13.9. The number of anilines is 1. The lowest BCUT2D eigenvalue weighted by Gasteiger charge is -2.29. The number of carbonyl (C=O) groups is 1. The summed E-state index contributed by atoms with van der Waals surface area (Å²) < 4.78 is 32.5. The molecule has 1 heterocycles. The van der Waals surface area contributed by atoms with Gasteiger partial charge in [-0.2, -0.15) is 4.31 Å². The number of piperazine rings is 1. The fourth-order valence-electron chi connectivity index (χ4n) is 3.13. The van der Waals surface area contributed by atoms with E-state index >= 15 is 0 Å². The second-order valence-corrected chi connectivity index (χ2v) is 9.16. The Hall–Kier alpha value is -2.42. The number of quaternary nitrogens is 1. The van der Waals surface area contributed by atoms with Gasteiger partial charge >= 0.3 is 0 Å². The van der Waals surface area contributed by atoms with Crippen molar-refractivity contribution in [1.29, 1.82) is 0 Å². The van der Waals surface area contributed by atoms with Crippen molar-refractivity contribution in [3.63, 3.8) is 0 Å². The number of nitrogens with zero attached hydrogens (tertiary/aromatic N) is 1. The molecule has 0 bridgehead atoms. The number of hydrogen-bond donors (Lipinski definition) is 2. The lowest BCUT2D eigenvalue weighted by molar-refractivity contribution is -0.883. The van der Waals surface area contributed by atoms with Crippen LogP contribution in [-0.4, -0.2) is 58.5 Å². The first kappa shape index (κ1) is 21.3. The summed E-state index contributed by atoms with van der Waals surface area (Å²) in [5, 5.41) is 2.72. The molecule has 7 nitrogen and oxygen atoms in total. The molecule has 1 amide bonds. The van der Waals surface area contributed by atoms with Gasteiger partial charge in [0.15, 0.2) is 6.61 Å². The Bertz CT molecular complexity index is 919. The second-order valence-electron chi connectivity index (χ2n) is 7.22. The summed E-state index contributed by atoms with van der Waals surface area (Å²) in [5.74, 6) is 0.329. The van der Waals surface area contributed by atoms with Gasteiger partial charge in [-0.25, -0.2) is 8.42 Å². The topological polar surface area (TPSA) is 80.1 Å². The van der Waals surface area contributed by atoms with Crippen molar-refractivity contribution >= 4 is 21.6 Å². The van der Waals surface area contributed by atoms with Gasteiger partial charge in [0.05, 0.1) is 38.1 Å². The molecule has 0 spiro atoms. The molecule has 3 rings (SSSR count). The molecule has 1 aliphatic rings. The molecule has 0 radical (unpaired) electrons. The standard InChI is InChI=1S/C21H27N3O4S/c1-3-17-4-8-19(9-5-17)28-16-21(25)22-18-6-10-20(11-7-18)29(26,27)24-14-12-23(2)13-15-24/h4-11H,3,12-16H2,1-2H3,(H,22,25)/p+1. The molecule has 2 aromatic rings. The van der Waals surface area contributed by atoms with Gasteiger partial charge in [-0.15, -0.1) is 0 Å². The van der Waals surface area contributed by atoms with Crippen LogP contribution in [0.1, 0.15) is 12.5 Å². The van der Waals surface area contributed by atoms with Crippen molar-refractivity contribution in [2.45, 2.75) is 18.2 Å². The van der Waals surface area contributed by atoms with E-state index in [9.17, 15) is 13.2 Å². The number of rotatable bonds is 7. The van der Waals surface area contributed by atoms with Crippen LogP contribution in [0.15, 0.2) is 53.4 Å². The number of benzene rings is 2. The third-order valence-electron chi connectivity index (χ3n) is 5.05. The van der Waals surface area contributed by atoms with Crippen molar-refractivity contribution in [2.24, 2.45) is 0 Å². The quantitative estimate of drug-likeness (QED) is 0.697. The van der Waals surface area contributed by atoms with Crippen LogP contribution in [0.2, 0.25) is 0 Å². The van der Waals surface area contributed by atoms with Gasteiger partial charge in [0.2, 0.25) is 10.0 Å². The van der Waals surface area contributed by atoms with Crippen LogP contribution in [0.4, 0.5) is 5.69 Å². The molecule has 1 saturated heterocycles. The SMILES string of the molecule is CCc1ccc(OCC(=O)Nc2ccc(S(=O)(=O)N3CC[NH+](C)CC3)cc2)cc1. The Morgan fingerprint density at radius 3 is 2.28 bits per heavy atom. The first-order valence-corrected chi connectivity index (χ1v) is 11.3. The molecule has 2 N–H and O–H groups in total. The molecule has 156 valence electrons. The molecule has 0 atom stereocenters. The van der Waals surface area contributed by atoms with Crippen molar-refractivity contribution in [3.05, 3.63) is 54.1 Å². The average Bonchev–Trinajstić information content (AvgIpc) is 2.73. The van der Waals surface area contributed by atoms with Gasteiger partial charge in [-0.05, 0) is 48.4 Å². The van der Waals surface area contributed by atoms with E-state index in [-0.39, 0.29) is 17.4 Å². The van der Waals surface area contributed by atoms with Crippen LogP contribution in [-0.2, 0) is 21.2 Å². The van der Waals surface area contributed by atoms with Gasteiger partial charge in [0, 0.05) is 5.69 Å². The van der Waals surface area contributed by atoms with Crippen LogP contribution in [0.5, 0.6) is 5.75 Å². The average molecular weight is 419 g/mol. The Labute approximate surface area is 172 Å². The normalized spacial score (nSPS) is 15.8. The molecule has 8 heteroatoms. The largest absolute Gasteiger partial charge is 0.484 e. The summed E-state index contributed by atoms with van der Waals surface area (Å²) in [7, 11) is -1.44. The van der Waals surface area contributed by atoms with E-state index in [1.807, 2.05) is 24.3 Å². The number of amides is 1. The predicted molar refractivity (Wildman–Crippen MR) is 112 cm³/mol. The monoisotopic (exact) mass is 418 g/mol. The highest BCUT2D eigenvalue weighted by atomic mass is 32.2. The van der Waals surface area contributed by atoms with Crippen molar-refractivity contribution < 1.29 is 22.8 Å². The number of nitrogens with one attached hydrogen (secondary N) is 2. The highest BCUT2D eigenvalue weighted by Gasteiger charge is 2.28. The minimum atomic E-state index is -3.50. The summed E-state index contributed by atoms with van der Waals surface area (Å²) in [5.41, 5.74) is 1.73. The summed E-state index contributed by atoms with van der Waals surface area (Å²) in [6.45, 7) is 4.59. The zero-order valence-electron chi connectivity index (χ0n) is 16.8. The van der Waals surface area contributed by atoms with Crippen molar-refractivity contribution in [2.75, 3.05) is 45.2 Å². The molecule has 0 unspecified atom stereocenters. The molecule has 1 aliphatic heterocycles. The first-order valence-electron chi connectivity index (χ1n) is 9.81. The smallest absolute Gasteiger partial charge is 0.262 e. The maximum atomic E-state index is 12.7. The van der Waals surface area contributed by atoms with Gasteiger partial charge < -0.3 is 15.0 Å². The van der Waals surface area contributed by atoms with Gasteiger partial charge in [-0.1, -0.05) is 19.1 Å². The number of carbonyl (C=O) groups excluding carboxylic acids is 1. The lowest BCUT2D eigenvalue weighted by Crippen LogP contribution is -3.12. The molecule has 1 fully saturated rings. The Morgan fingerprint density at radius 2 is 1.69 bits per heavy atom. The number of hydrogen-bond acceptors (Lipinski definition) is 4. The zero-order valence-corrected chi connectivity index (χ0v) is 17.7. The predicted octanol–water partition coefficient (Wildman–Crippen LogP) is 0.786.